The number of carboxylic acid groups (broad SMARTS) is 1. The molecule has 2 aromatic rings. The molecule has 0 bridgehead atoms. The number of aliphatic carboxylic acids is 1. The first-order chi connectivity index (χ1) is 9.97. The van der Waals surface area contributed by atoms with Crippen LogP contribution in [0.5, 0.6) is 0 Å². The summed E-state index contributed by atoms with van der Waals surface area (Å²) in [6, 6.07) is 7.22. The lowest BCUT2D eigenvalue weighted by atomic mass is 10.1. The van der Waals surface area contributed by atoms with Gasteiger partial charge in [-0.05, 0) is 37.7 Å². The van der Waals surface area contributed by atoms with Gasteiger partial charge in [-0.15, -0.1) is 0 Å². The Kier molecular flexibility index (Phi) is 4.80. The summed E-state index contributed by atoms with van der Waals surface area (Å²) in [4.78, 5) is 14.6. The summed E-state index contributed by atoms with van der Waals surface area (Å²) in [5.41, 5.74) is 1.96. The third-order valence-corrected chi connectivity index (χ3v) is 3.36. The zero-order chi connectivity index (χ0) is 15.4. The lowest BCUT2D eigenvalue weighted by Gasteiger charge is -2.18. The highest BCUT2D eigenvalue weighted by molar-refractivity contribution is 7.80. The summed E-state index contributed by atoms with van der Waals surface area (Å²) < 4.78 is 0. The third-order valence-electron chi connectivity index (χ3n) is 3.12. The van der Waals surface area contributed by atoms with Crippen molar-refractivity contribution >= 4 is 34.2 Å². The molecule has 0 saturated heterocycles. The van der Waals surface area contributed by atoms with Gasteiger partial charge in [0.25, 0.3) is 0 Å². The van der Waals surface area contributed by atoms with Crippen LogP contribution in [-0.2, 0) is 11.2 Å². The Bertz CT molecular complexity index is 651. The third kappa shape index (κ3) is 3.95. The van der Waals surface area contributed by atoms with E-state index in [4.69, 9.17) is 12.2 Å². The van der Waals surface area contributed by atoms with Crippen LogP contribution in [0, 0.1) is 0 Å². The molecular formula is C15H19N3O2S. The first-order valence-corrected chi connectivity index (χ1v) is 7.23. The SMILES string of the molecule is CC(C)NC(=S)N[C@@H](Cc1c[nH]c2ccccc12)C(=O)O. The number of rotatable bonds is 5. The molecule has 21 heavy (non-hydrogen) atoms. The number of hydrogen-bond donors (Lipinski definition) is 4. The molecule has 1 heterocycles. The summed E-state index contributed by atoms with van der Waals surface area (Å²) in [5.74, 6) is -0.923. The molecule has 2 rings (SSSR count). The molecule has 0 aliphatic heterocycles. The molecule has 6 heteroatoms. The Morgan fingerprint density at radius 2 is 2.05 bits per heavy atom. The van der Waals surface area contributed by atoms with Crippen LogP contribution in [0.15, 0.2) is 30.5 Å². The van der Waals surface area contributed by atoms with Gasteiger partial charge in [0.15, 0.2) is 5.11 Å². The van der Waals surface area contributed by atoms with E-state index in [0.717, 1.165) is 16.5 Å². The average molecular weight is 305 g/mol. The fraction of sp³-hybridized carbons (Fsp3) is 0.333. The Balaban J connectivity index is 2.13. The Morgan fingerprint density at radius 3 is 2.71 bits per heavy atom. The van der Waals surface area contributed by atoms with Gasteiger partial charge in [-0.1, -0.05) is 18.2 Å². The number of carbonyl (C=O) groups is 1. The van der Waals surface area contributed by atoms with Gasteiger partial charge in [0.1, 0.15) is 6.04 Å². The molecule has 0 unspecified atom stereocenters. The maximum atomic E-state index is 11.4. The lowest BCUT2D eigenvalue weighted by molar-refractivity contribution is -0.139. The molecule has 1 aromatic carbocycles. The smallest absolute Gasteiger partial charge is 0.326 e. The van der Waals surface area contributed by atoms with Crippen molar-refractivity contribution in [3.63, 3.8) is 0 Å². The summed E-state index contributed by atoms with van der Waals surface area (Å²) >= 11 is 5.12. The van der Waals surface area contributed by atoms with Crippen molar-refractivity contribution in [2.45, 2.75) is 32.4 Å². The highest BCUT2D eigenvalue weighted by Crippen LogP contribution is 2.19. The molecule has 0 spiro atoms. The second-order valence-electron chi connectivity index (χ2n) is 5.23. The van der Waals surface area contributed by atoms with Crippen LogP contribution in [0.3, 0.4) is 0 Å². The van der Waals surface area contributed by atoms with Crippen LogP contribution in [0.1, 0.15) is 19.4 Å². The second-order valence-corrected chi connectivity index (χ2v) is 5.64. The zero-order valence-electron chi connectivity index (χ0n) is 12.0. The normalized spacial score (nSPS) is 12.3. The molecule has 0 aliphatic carbocycles. The summed E-state index contributed by atoms with van der Waals surface area (Å²) in [7, 11) is 0. The molecule has 5 nitrogen and oxygen atoms in total. The Hall–Kier alpha value is -2.08. The molecule has 0 radical (unpaired) electrons. The van der Waals surface area contributed by atoms with Crippen LogP contribution in [0.2, 0.25) is 0 Å². The number of H-pyrrole nitrogens is 1. The monoisotopic (exact) mass is 305 g/mol. The predicted octanol–water partition coefficient (Wildman–Crippen LogP) is 2.04. The number of benzene rings is 1. The van der Waals surface area contributed by atoms with E-state index in [1.54, 1.807) is 0 Å². The maximum absolute atomic E-state index is 11.4. The molecule has 0 saturated carbocycles. The minimum Gasteiger partial charge on any atom is -0.480 e. The first-order valence-electron chi connectivity index (χ1n) is 6.82. The molecule has 0 amide bonds. The van der Waals surface area contributed by atoms with E-state index >= 15 is 0 Å². The predicted molar refractivity (Wildman–Crippen MR) is 87.4 cm³/mol. The van der Waals surface area contributed by atoms with Gasteiger partial charge < -0.3 is 20.7 Å². The minimum atomic E-state index is -0.923. The highest BCUT2D eigenvalue weighted by Gasteiger charge is 2.20. The molecule has 0 aliphatic rings. The quantitative estimate of drug-likeness (QED) is 0.636. The number of carboxylic acids is 1. The molecule has 1 atom stereocenters. The zero-order valence-corrected chi connectivity index (χ0v) is 12.8. The highest BCUT2D eigenvalue weighted by atomic mass is 32.1. The van der Waals surface area contributed by atoms with E-state index in [9.17, 15) is 9.90 Å². The number of thiocarbonyl (C=S) groups is 1. The topological polar surface area (TPSA) is 77.1 Å². The van der Waals surface area contributed by atoms with Crippen molar-refractivity contribution in [2.24, 2.45) is 0 Å². The molecule has 0 fully saturated rings. The minimum absolute atomic E-state index is 0.160. The summed E-state index contributed by atoms with van der Waals surface area (Å²) in [6.07, 6.45) is 2.21. The second kappa shape index (κ2) is 6.58. The van der Waals surface area contributed by atoms with E-state index in [0.29, 0.717) is 11.5 Å². The van der Waals surface area contributed by atoms with Gasteiger partial charge >= 0.3 is 5.97 Å². The summed E-state index contributed by atoms with van der Waals surface area (Å²) in [5, 5.41) is 16.6. The van der Waals surface area contributed by atoms with Crippen LogP contribution in [0.4, 0.5) is 0 Å². The molecular weight excluding hydrogens is 286 g/mol. The van der Waals surface area contributed by atoms with Crippen molar-refractivity contribution in [2.75, 3.05) is 0 Å². The van der Waals surface area contributed by atoms with Crippen molar-refractivity contribution in [3.8, 4) is 0 Å². The van der Waals surface area contributed by atoms with E-state index in [1.165, 1.54) is 0 Å². The largest absolute Gasteiger partial charge is 0.480 e. The number of fused-ring (bicyclic) bond motifs is 1. The fourth-order valence-electron chi connectivity index (χ4n) is 2.18. The lowest BCUT2D eigenvalue weighted by Crippen LogP contribution is -2.48. The van der Waals surface area contributed by atoms with E-state index in [-0.39, 0.29) is 6.04 Å². The molecule has 112 valence electrons. The van der Waals surface area contributed by atoms with Crippen LogP contribution in [0.25, 0.3) is 10.9 Å². The van der Waals surface area contributed by atoms with E-state index in [2.05, 4.69) is 15.6 Å². The van der Waals surface area contributed by atoms with Gasteiger partial charge in [-0.25, -0.2) is 4.79 Å². The first kappa shape index (κ1) is 15.3. The van der Waals surface area contributed by atoms with Gasteiger partial charge in [-0.2, -0.15) is 0 Å². The summed E-state index contributed by atoms with van der Waals surface area (Å²) in [6.45, 7) is 3.90. The van der Waals surface area contributed by atoms with Crippen LogP contribution < -0.4 is 10.6 Å². The van der Waals surface area contributed by atoms with Crippen LogP contribution >= 0.6 is 12.2 Å². The van der Waals surface area contributed by atoms with E-state index < -0.39 is 12.0 Å². The van der Waals surface area contributed by atoms with Crippen molar-refractivity contribution in [1.82, 2.24) is 15.6 Å². The van der Waals surface area contributed by atoms with Crippen molar-refractivity contribution in [1.29, 1.82) is 0 Å². The number of aromatic nitrogens is 1. The van der Waals surface area contributed by atoms with E-state index in [1.807, 2.05) is 44.3 Å². The van der Waals surface area contributed by atoms with Gasteiger partial charge in [0.05, 0.1) is 0 Å². The number of para-hydroxylation sites is 1. The molecule has 1 aromatic heterocycles. The van der Waals surface area contributed by atoms with Crippen molar-refractivity contribution < 1.29 is 9.90 Å². The van der Waals surface area contributed by atoms with Crippen LogP contribution in [-0.4, -0.2) is 33.3 Å². The average Bonchev–Trinajstić information content (AvgIpc) is 2.80. The fourth-order valence-corrected chi connectivity index (χ4v) is 2.56. The Labute approximate surface area is 128 Å². The standard InChI is InChI=1S/C15H19N3O2S/c1-9(2)17-15(21)18-13(14(19)20)7-10-8-16-12-6-4-3-5-11(10)12/h3-6,8-9,13,16H,7H2,1-2H3,(H,19,20)(H2,17,18,21)/t13-/m0/s1. The number of hydrogen-bond acceptors (Lipinski definition) is 2. The van der Waals surface area contributed by atoms with Gasteiger partial charge in [0, 0.05) is 29.6 Å². The number of aromatic amines is 1. The molecule has 4 N–H and O–H groups in total. The Morgan fingerprint density at radius 1 is 1.33 bits per heavy atom. The van der Waals surface area contributed by atoms with Crippen molar-refractivity contribution in [3.05, 3.63) is 36.0 Å². The van der Waals surface area contributed by atoms with Gasteiger partial charge in [-0.3, -0.25) is 0 Å². The maximum Gasteiger partial charge on any atom is 0.326 e. The number of nitrogens with one attached hydrogen (secondary N) is 3. The van der Waals surface area contributed by atoms with Gasteiger partial charge in [0.2, 0.25) is 0 Å².